The van der Waals surface area contributed by atoms with E-state index in [9.17, 15) is 5.11 Å². The Morgan fingerprint density at radius 2 is 2.36 bits per heavy atom. The minimum atomic E-state index is -0.321. The Morgan fingerprint density at radius 3 is 2.71 bits per heavy atom. The number of aromatic nitrogens is 2. The van der Waals surface area contributed by atoms with Crippen LogP contribution in [-0.4, -0.2) is 21.5 Å². The monoisotopic (exact) mass is 215 g/mol. The molecule has 1 rings (SSSR count). The molecule has 1 unspecified atom stereocenters. The molecule has 80 valence electrons. The predicted octanol–water partition coefficient (Wildman–Crippen LogP) is 1.27. The second-order valence-electron chi connectivity index (χ2n) is 3.66. The largest absolute Gasteiger partial charge is 0.394 e. The first kappa shape index (κ1) is 11.6. The molecule has 0 bridgehead atoms. The lowest BCUT2D eigenvalue weighted by Gasteiger charge is -2.27. The highest BCUT2D eigenvalue weighted by Gasteiger charge is 2.26. The highest BCUT2D eigenvalue weighted by atomic mass is 32.2. The third kappa shape index (κ3) is 1.94. The van der Waals surface area contributed by atoms with Gasteiger partial charge in [-0.15, -0.1) is 0 Å². The van der Waals surface area contributed by atoms with Gasteiger partial charge in [0.1, 0.15) is 5.03 Å². The van der Waals surface area contributed by atoms with Crippen molar-refractivity contribution in [2.75, 3.05) is 6.61 Å². The van der Waals surface area contributed by atoms with Crippen LogP contribution in [0.3, 0.4) is 0 Å². The highest BCUT2D eigenvalue weighted by Crippen LogP contribution is 2.23. The van der Waals surface area contributed by atoms with E-state index in [1.54, 1.807) is 0 Å². The van der Waals surface area contributed by atoms with Crippen LogP contribution in [0.15, 0.2) is 11.1 Å². The minimum absolute atomic E-state index is 0.0840. The zero-order valence-electron chi connectivity index (χ0n) is 8.82. The summed E-state index contributed by atoms with van der Waals surface area (Å²) in [7, 11) is 0. The Bertz CT molecular complexity index is 307. The summed E-state index contributed by atoms with van der Waals surface area (Å²) in [4.78, 5) is 0. The Balaban J connectivity index is 3.10. The van der Waals surface area contributed by atoms with E-state index in [1.165, 1.54) is 0 Å². The Hall–Kier alpha value is -0.520. The Morgan fingerprint density at radius 1 is 1.71 bits per heavy atom. The predicted molar refractivity (Wildman–Crippen MR) is 58.0 cm³/mol. The summed E-state index contributed by atoms with van der Waals surface area (Å²) in [6.45, 7) is 6.07. The van der Waals surface area contributed by atoms with Gasteiger partial charge in [-0.2, -0.15) is 5.10 Å². The normalized spacial score (nSPS) is 15.5. The molecule has 0 amide bonds. The van der Waals surface area contributed by atoms with Crippen molar-refractivity contribution in [3.63, 3.8) is 0 Å². The molecular formula is C9H17N3OS. The van der Waals surface area contributed by atoms with E-state index in [4.69, 9.17) is 5.14 Å². The molecule has 5 heteroatoms. The van der Waals surface area contributed by atoms with Crippen molar-refractivity contribution in [3.8, 4) is 0 Å². The van der Waals surface area contributed by atoms with Crippen molar-refractivity contribution in [2.45, 2.75) is 37.8 Å². The van der Waals surface area contributed by atoms with Crippen LogP contribution in [0.1, 0.15) is 26.0 Å². The molecule has 4 nitrogen and oxygen atoms in total. The van der Waals surface area contributed by atoms with Crippen molar-refractivity contribution in [1.82, 2.24) is 9.78 Å². The van der Waals surface area contributed by atoms with Crippen molar-refractivity contribution >= 4 is 11.9 Å². The van der Waals surface area contributed by atoms with E-state index in [-0.39, 0.29) is 12.1 Å². The van der Waals surface area contributed by atoms with Crippen molar-refractivity contribution in [2.24, 2.45) is 5.14 Å². The molecule has 0 saturated carbocycles. The molecule has 0 aliphatic rings. The fourth-order valence-corrected chi connectivity index (χ4v) is 1.75. The summed E-state index contributed by atoms with van der Waals surface area (Å²) in [6, 6.07) is 1.92. The molecule has 0 saturated heterocycles. The molecule has 0 aromatic carbocycles. The molecule has 0 aliphatic heterocycles. The number of hydrogen-bond donors (Lipinski definition) is 2. The zero-order chi connectivity index (χ0) is 10.8. The minimum Gasteiger partial charge on any atom is -0.394 e. The van der Waals surface area contributed by atoms with Gasteiger partial charge in [-0.3, -0.25) is 9.82 Å². The first-order valence-electron chi connectivity index (χ1n) is 4.62. The van der Waals surface area contributed by atoms with Gasteiger partial charge in [-0.05, 0) is 38.3 Å². The summed E-state index contributed by atoms with van der Waals surface area (Å²) in [6.07, 6.45) is 0.834. The van der Waals surface area contributed by atoms with E-state index in [0.717, 1.165) is 29.1 Å². The van der Waals surface area contributed by atoms with E-state index in [2.05, 4.69) is 5.10 Å². The summed E-state index contributed by atoms with van der Waals surface area (Å²) in [5.74, 6) is 0. The van der Waals surface area contributed by atoms with Crippen LogP contribution in [0.2, 0.25) is 0 Å². The van der Waals surface area contributed by atoms with Crippen molar-refractivity contribution < 1.29 is 5.11 Å². The van der Waals surface area contributed by atoms with Crippen LogP contribution in [-0.2, 0) is 5.54 Å². The van der Waals surface area contributed by atoms with Crippen molar-refractivity contribution in [3.05, 3.63) is 11.8 Å². The van der Waals surface area contributed by atoms with Crippen LogP contribution >= 0.6 is 11.9 Å². The van der Waals surface area contributed by atoms with Gasteiger partial charge < -0.3 is 5.11 Å². The van der Waals surface area contributed by atoms with Crippen LogP contribution in [0.4, 0.5) is 0 Å². The number of aryl methyl sites for hydroxylation is 1. The highest BCUT2D eigenvalue weighted by molar-refractivity contribution is 7.97. The quantitative estimate of drug-likeness (QED) is 0.743. The molecule has 14 heavy (non-hydrogen) atoms. The lowest BCUT2D eigenvalue weighted by atomic mass is 10.0. The van der Waals surface area contributed by atoms with Gasteiger partial charge in [0.15, 0.2) is 0 Å². The van der Waals surface area contributed by atoms with Gasteiger partial charge in [-0.25, -0.2) is 0 Å². The first-order chi connectivity index (χ1) is 6.57. The van der Waals surface area contributed by atoms with Crippen LogP contribution in [0, 0.1) is 6.92 Å². The molecule has 1 aromatic rings. The number of nitrogens with zero attached hydrogens (tertiary/aromatic N) is 2. The molecule has 1 heterocycles. The maximum Gasteiger partial charge on any atom is 0.133 e. The van der Waals surface area contributed by atoms with Gasteiger partial charge >= 0.3 is 0 Å². The molecule has 0 aliphatic carbocycles. The lowest BCUT2D eigenvalue weighted by Crippen LogP contribution is -2.35. The van der Waals surface area contributed by atoms with E-state index < -0.39 is 0 Å². The van der Waals surface area contributed by atoms with Crippen LogP contribution < -0.4 is 5.14 Å². The van der Waals surface area contributed by atoms with Crippen LogP contribution in [0.25, 0.3) is 0 Å². The van der Waals surface area contributed by atoms with Gasteiger partial charge in [0.25, 0.3) is 0 Å². The average molecular weight is 215 g/mol. The van der Waals surface area contributed by atoms with Gasteiger partial charge in [0.2, 0.25) is 0 Å². The molecule has 3 N–H and O–H groups in total. The maximum atomic E-state index is 9.35. The molecule has 0 spiro atoms. The average Bonchev–Trinajstić information content (AvgIpc) is 2.59. The Labute approximate surface area is 88.6 Å². The number of rotatable bonds is 4. The summed E-state index contributed by atoms with van der Waals surface area (Å²) < 4.78 is 1.85. The fraction of sp³-hybridized carbons (Fsp3) is 0.667. The second-order valence-corrected chi connectivity index (χ2v) is 4.32. The van der Waals surface area contributed by atoms with Gasteiger partial charge in [-0.1, -0.05) is 6.92 Å². The molecule has 0 fully saturated rings. The van der Waals surface area contributed by atoms with Crippen LogP contribution in [0.5, 0.6) is 0 Å². The van der Waals surface area contributed by atoms with Gasteiger partial charge in [0.05, 0.1) is 12.1 Å². The topological polar surface area (TPSA) is 64.1 Å². The molecule has 1 aromatic heterocycles. The Kier molecular flexibility index (Phi) is 3.58. The molecule has 1 atom stereocenters. The summed E-state index contributed by atoms with van der Waals surface area (Å²) >= 11 is 1.13. The number of hydrogen-bond acceptors (Lipinski definition) is 4. The third-order valence-electron chi connectivity index (χ3n) is 2.60. The molecular weight excluding hydrogens is 198 g/mol. The molecule has 0 radical (unpaired) electrons. The number of nitrogens with two attached hydrogens (primary N) is 1. The second kappa shape index (κ2) is 4.33. The van der Waals surface area contributed by atoms with E-state index in [0.29, 0.717) is 0 Å². The summed E-state index contributed by atoms with van der Waals surface area (Å²) in [5, 5.41) is 19.9. The fourth-order valence-electron chi connectivity index (χ4n) is 1.38. The van der Waals surface area contributed by atoms with E-state index in [1.807, 2.05) is 31.5 Å². The maximum absolute atomic E-state index is 9.35. The van der Waals surface area contributed by atoms with Crippen molar-refractivity contribution in [1.29, 1.82) is 0 Å². The summed E-state index contributed by atoms with van der Waals surface area (Å²) in [5.41, 5.74) is 0.703. The smallest absolute Gasteiger partial charge is 0.133 e. The number of aliphatic hydroxyl groups is 1. The first-order valence-corrected chi connectivity index (χ1v) is 5.50. The SMILES string of the molecule is CCC(C)(CO)n1nc(SN)cc1C. The third-order valence-corrected chi connectivity index (χ3v) is 3.04. The zero-order valence-corrected chi connectivity index (χ0v) is 9.64. The number of aliphatic hydroxyl groups excluding tert-OH is 1. The lowest BCUT2D eigenvalue weighted by molar-refractivity contribution is 0.128. The standard InChI is InChI=1S/C9H17N3OS/c1-4-9(3,6-13)12-7(2)5-8(11-12)14-10/h5,13H,4,6,10H2,1-3H3. The van der Waals surface area contributed by atoms with Gasteiger partial charge in [0, 0.05) is 5.69 Å². The van der Waals surface area contributed by atoms with E-state index >= 15 is 0 Å².